The summed E-state index contributed by atoms with van der Waals surface area (Å²) in [6, 6.07) is 56.7. The van der Waals surface area contributed by atoms with Gasteiger partial charge in [-0.05, 0) is 148 Å². The van der Waals surface area contributed by atoms with Gasteiger partial charge < -0.3 is 9.32 Å². The number of anilines is 3. The van der Waals surface area contributed by atoms with Crippen molar-refractivity contribution in [1.82, 2.24) is 0 Å². The minimum atomic E-state index is 0.184. The van der Waals surface area contributed by atoms with E-state index >= 15 is 0 Å². The number of nitrogens with zero attached hydrogens (tertiary/aromatic N) is 1. The molecule has 13 rings (SSSR count). The zero-order chi connectivity index (χ0) is 34.5. The Labute approximate surface area is 309 Å². The van der Waals surface area contributed by atoms with Gasteiger partial charge in [0.25, 0.3) is 0 Å². The fourth-order valence-electron chi connectivity index (χ4n) is 13.2. The SMILES string of the molecule is c1ccc2c(c1)-c1cc(N(c3ccc(-c4ccc5c(c4)oc4ccccc45)cc3)c3cccc4ccccc34)ccc1C21C2CC3CC4CC1C4(C3)C2. The predicted octanol–water partition coefficient (Wildman–Crippen LogP) is 13.6. The summed E-state index contributed by atoms with van der Waals surface area (Å²) in [5.41, 5.74) is 14.8. The molecule has 6 unspecified atom stereocenters. The van der Waals surface area contributed by atoms with Crippen LogP contribution >= 0.6 is 0 Å². The summed E-state index contributed by atoms with van der Waals surface area (Å²) in [4.78, 5) is 2.50. The van der Waals surface area contributed by atoms with Gasteiger partial charge in [-0.15, -0.1) is 0 Å². The Morgan fingerprint density at radius 2 is 1.25 bits per heavy atom. The van der Waals surface area contributed by atoms with Crippen molar-refractivity contribution in [1.29, 1.82) is 0 Å². The maximum atomic E-state index is 6.27. The van der Waals surface area contributed by atoms with Gasteiger partial charge in [0.2, 0.25) is 0 Å². The van der Waals surface area contributed by atoms with Crippen LogP contribution in [0.3, 0.4) is 0 Å². The lowest BCUT2D eigenvalue weighted by atomic mass is 9.49. The Kier molecular flexibility index (Phi) is 5.50. The van der Waals surface area contributed by atoms with E-state index in [4.69, 9.17) is 4.42 Å². The van der Waals surface area contributed by atoms with E-state index < -0.39 is 0 Å². The van der Waals surface area contributed by atoms with Crippen molar-refractivity contribution in [3.8, 4) is 22.3 Å². The lowest BCUT2D eigenvalue weighted by Crippen LogP contribution is -2.50. The van der Waals surface area contributed by atoms with E-state index in [9.17, 15) is 0 Å². The molecule has 1 heterocycles. The third-order valence-corrected chi connectivity index (χ3v) is 15.0. The van der Waals surface area contributed by atoms with Crippen LogP contribution in [0.1, 0.15) is 43.2 Å². The molecule has 8 aromatic rings. The quantitative estimate of drug-likeness (QED) is 0.184. The monoisotopic (exact) mass is 681 g/mol. The molecule has 1 aromatic heterocycles. The lowest BCUT2D eigenvalue weighted by Gasteiger charge is -2.54. The predicted molar refractivity (Wildman–Crippen MR) is 217 cm³/mol. The molecular weight excluding hydrogens is 643 g/mol. The van der Waals surface area contributed by atoms with Crippen LogP contribution in [0.15, 0.2) is 156 Å². The highest BCUT2D eigenvalue weighted by Crippen LogP contribution is 2.83. The molecule has 0 radical (unpaired) electrons. The van der Waals surface area contributed by atoms with Gasteiger partial charge in [-0.2, -0.15) is 0 Å². The zero-order valence-electron chi connectivity index (χ0n) is 29.6. The summed E-state index contributed by atoms with van der Waals surface area (Å²) in [6.45, 7) is 0. The second kappa shape index (κ2) is 10.1. The van der Waals surface area contributed by atoms with E-state index in [1.807, 2.05) is 12.1 Å². The molecule has 4 fully saturated rings. The molecule has 4 saturated carbocycles. The molecule has 5 aliphatic rings. The highest BCUT2D eigenvalue weighted by Gasteiger charge is 2.76. The largest absolute Gasteiger partial charge is 0.456 e. The summed E-state index contributed by atoms with van der Waals surface area (Å²) in [7, 11) is 0. The number of furan rings is 1. The molecule has 53 heavy (non-hydrogen) atoms. The van der Waals surface area contributed by atoms with Crippen molar-refractivity contribution in [2.45, 2.75) is 37.5 Å². The first-order chi connectivity index (χ1) is 26.2. The van der Waals surface area contributed by atoms with E-state index in [1.54, 1.807) is 11.1 Å². The summed E-state index contributed by atoms with van der Waals surface area (Å²) in [5.74, 6) is 3.49. The van der Waals surface area contributed by atoms with E-state index in [0.29, 0.717) is 5.41 Å². The molecule has 2 spiro atoms. The standard InChI is InChI=1S/C51H39NO/c1-2-10-39-33(8-1)9-7-14-46(39)52(37-19-16-32(17-20-37)34-18-22-42-41-12-4-6-15-47(41)53-48(42)26-34)38-21-23-45-43(28-38)40-11-3-5-13-44(40)51(45)36-25-31-24-35-27-49(51)50(35,29-31)30-36/h1-23,26,28,31,35-36,49H,24-25,27,29-30H2. The first-order valence-electron chi connectivity index (χ1n) is 19.7. The maximum Gasteiger partial charge on any atom is 0.136 e. The van der Waals surface area contributed by atoms with Gasteiger partial charge in [0.05, 0.1) is 5.69 Å². The molecule has 0 saturated heterocycles. The highest BCUT2D eigenvalue weighted by molar-refractivity contribution is 6.06. The highest BCUT2D eigenvalue weighted by atomic mass is 16.3. The molecule has 254 valence electrons. The number of benzene rings is 7. The Morgan fingerprint density at radius 3 is 2.19 bits per heavy atom. The van der Waals surface area contributed by atoms with E-state index in [-0.39, 0.29) is 5.41 Å². The minimum Gasteiger partial charge on any atom is -0.456 e. The van der Waals surface area contributed by atoms with Gasteiger partial charge in [0, 0.05) is 32.9 Å². The molecule has 0 N–H and O–H groups in total. The van der Waals surface area contributed by atoms with Gasteiger partial charge in [0.15, 0.2) is 0 Å². The van der Waals surface area contributed by atoms with Crippen LogP contribution in [-0.4, -0.2) is 0 Å². The van der Waals surface area contributed by atoms with E-state index in [0.717, 1.165) is 56.9 Å². The van der Waals surface area contributed by atoms with E-state index in [1.165, 1.54) is 70.9 Å². The van der Waals surface area contributed by atoms with Crippen molar-refractivity contribution in [3.63, 3.8) is 0 Å². The van der Waals surface area contributed by atoms with Crippen molar-refractivity contribution >= 4 is 49.8 Å². The smallest absolute Gasteiger partial charge is 0.136 e. The van der Waals surface area contributed by atoms with Gasteiger partial charge in [-0.25, -0.2) is 0 Å². The van der Waals surface area contributed by atoms with Crippen LogP contribution in [0.5, 0.6) is 0 Å². The molecule has 2 heteroatoms. The van der Waals surface area contributed by atoms with Crippen LogP contribution in [-0.2, 0) is 5.41 Å². The van der Waals surface area contributed by atoms with Crippen LogP contribution in [0.4, 0.5) is 17.1 Å². The topological polar surface area (TPSA) is 16.4 Å². The summed E-state index contributed by atoms with van der Waals surface area (Å²) < 4.78 is 6.27. The summed E-state index contributed by atoms with van der Waals surface area (Å²) in [6.07, 6.45) is 7.30. The van der Waals surface area contributed by atoms with Crippen molar-refractivity contribution in [2.75, 3.05) is 4.90 Å². The second-order valence-electron chi connectivity index (χ2n) is 17.0. The van der Waals surface area contributed by atoms with Crippen LogP contribution in [0.2, 0.25) is 0 Å². The molecule has 5 aliphatic carbocycles. The van der Waals surface area contributed by atoms with Crippen molar-refractivity contribution in [2.24, 2.45) is 29.1 Å². The van der Waals surface area contributed by atoms with Gasteiger partial charge in [-0.3, -0.25) is 0 Å². The Morgan fingerprint density at radius 1 is 0.509 bits per heavy atom. The number of hydrogen-bond acceptors (Lipinski definition) is 2. The van der Waals surface area contributed by atoms with Gasteiger partial charge in [-0.1, -0.05) is 103 Å². The normalized spacial score (nSPS) is 27.0. The number of rotatable bonds is 4. The molecule has 3 bridgehead atoms. The average molecular weight is 682 g/mol. The van der Waals surface area contributed by atoms with E-state index in [2.05, 4.69) is 144 Å². The van der Waals surface area contributed by atoms with Gasteiger partial charge >= 0.3 is 0 Å². The third-order valence-electron chi connectivity index (χ3n) is 15.0. The summed E-state index contributed by atoms with van der Waals surface area (Å²) >= 11 is 0. The Bertz CT molecular complexity index is 2820. The fraction of sp³-hybridized carbons (Fsp3) is 0.216. The third kappa shape index (κ3) is 3.60. The van der Waals surface area contributed by atoms with Crippen LogP contribution in [0.25, 0.3) is 55.0 Å². The number of para-hydroxylation sites is 1. The minimum absolute atomic E-state index is 0.184. The molecule has 6 atom stereocenters. The first kappa shape index (κ1) is 28.9. The molecule has 2 nitrogen and oxygen atoms in total. The molecule has 7 aromatic carbocycles. The zero-order valence-corrected chi connectivity index (χ0v) is 29.6. The number of fused-ring (bicyclic) bond motifs is 13. The maximum absolute atomic E-state index is 6.27. The van der Waals surface area contributed by atoms with Crippen LogP contribution in [0, 0.1) is 29.1 Å². The summed E-state index contributed by atoms with van der Waals surface area (Å²) in [5, 5.41) is 4.83. The van der Waals surface area contributed by atoms with Crippen molar-refractivity contribution in [3.05, 3.63) is 163 Å². The van der Waals surface area contributed by atoms with Crippen molar-refractivity contribution < 1.29 is 4.42 Å². The Balaban J connectivity index is 0.967. The fourth-order valence-corrected chi connectivity index (χ4v) is 13.2. The molecular formula is C51H39NO. The average Bonchev–Trinajstić information content (AvgIpc) is 3.83. The second-order valence-corrected chi connectivity index (χ2v) is 17.0. The molecule has 0 amide bonds. The lowest BCUT2D eigenvalue weighted by molar-refractivity contribution is -0.0193. The Hall–Kier alpha value is -5.60. The first-order valence-corrected chi connectivity index (χ1v) is 19.7. The van der Waals surface area contributed by atoms with Gasteiger partial charge in [0.1, 0.15) is 11.2 Å². The molecule has 0 aliphatic heterocycles. The number of hydrogen-bond donors (Lipinski definition) is 0. The van der Waals surface area contributed by atoms with Crippen LogP contribution < -0.4 is 4.90 Å².